The Labute approximate surface area is 170 Å². The summed E-state index contributed by atoms with van der Waals surface area (Å²) in [6, 6.07) is 7.76. The van der Waals surface area contributed by atoms with Crippen molar-refractivity contribution in [2.24, 2.45) is 9.98 Å². The molecule has 138 valence electrons. The molecule has 0 aliphatic carbocycles. The van der Waals surface area contributed by atoms with Gasteiger partial charge in [-0.05, 0) is 33.3 Å². The molecule has 2 heterocycles. The zero-order valence-electron chi connectivity index (χ0n) is 15.4. The Morgan fingerprint density at radius 2 is 1.77 bits per heavy atom. The van der Waals surface area contributed by atoms with Crippen LogP contribution in [0.4, 0.5) is 0 Å². The molecule has 0 fully saturated rings. The monoisotopic (exact) mass is 527 g/mol. The van der Waals surface area contributed by atoms with E-state index in [-0.39, 0.29) is 21.1 Å². The molecule has 0 spiro atoms. The Balaban J connectivity index is 0.00000201. The van der Waals surface area contributed by atoms with Crippen LogP contribution in [-0.4, -0.2) is 19.0 Å². The molecule has 0 saturated carbocycles. The molecular formula is C21H24N4Pt. The van der Waals surface area contributed by atoms with Crippen molar-refractivity contribution in [2.75, 3.05) is 6.54 Å². The molecule has 2 aromatic heterocycles. The van der Waals surface area contributed by atoms with E-state index in [1.165, 1.54) is 11.1 Å². The van der Waals surface area contributed by atoms with E-state index in [1.54, 1.807) is 18.6 Å². The third-order valence-corrected chi connectivity index (χ3v) is 3.40. The largest absolute Gasteiger partial charge is 2.00 e. The van der Waals surface area contributed by atoms with Crippen LogP contribution >= 0.6 is 0 Å². The molecule has 0 unspecified atom stereocenters. The second kappa shape index (κ2) is 13.9. The Kier molecular flexibility index (Phi) is 12.6. The van der Waals surface area contributed by atoms with Gasteiger partial charge in [-0.1, -0.05) is 35.4 Å². The first-order chi connectivity index (χ1) is 12.1. The summed E-state index contributed by atoms with van der Waals surface area (Å²) >= 11 is 0. The standard InChI is InChI=1S/C19H22N4.C2H2.Pt/c1-15(2)16(3)12-19(14-20-13-18-7-5-10-22-18)23-11-8-17-6-4-9-21-17;1-2;/h4-7,9-13H,8,14H2,1-3H3;1-2H;/q-2;;+2/b19-12+,20-13?,23-11?;;. The van der Waals surface area contributed by atoms with E-state index in [1.807, 2.05) is 30.5 Å². The maximum absolute atomic E-state index is 4.57. The number of hydrogen-bond acceptors (Lipinski definition) is 2. The topological polar surface area (TPSA) is 52.9 Å². The molecule has 0 N–H and O–H groups in total. The first kappa shape index (κ1) is 23.6. The fourth-order valence-corrected chi connectivity index (χ4v) is 1.85. The summed E-state index contributed by atoms with van der Waals surface area (Å²) in [6.07, 6.45) is 18.0. The Hall–Kier alpha value is -2.37. The van der Waals surface area contributed by atoms with Gasteiger partial charge in [0.2, 0.25) is 0 Å². The van der Waals surface area contributed by atoms with Gasteiger partial charge in [0.05, 0.1) is 12.2 Å². The summed E-state index contributed by atoms with van der Waals surface area (Å²) in [6.45, 7) is 6.81. The molecule has 0 aromatic carbocycles. The van der Waals surface area contributed by atoms with Crippen molar-refractivity contribution in [1.29, 1.82) is 0 Å². The Morgan fingerprint density at radius 3 is 2.35 bits per heavy atom. The molecule has 4 nitrogen and oxygen atoms in total. The first-order valence-corrected chi connectivity index (χ1v) is 8.00. The smallest absolute Gasteiger partial charge is 0.667 e. The third kappa shape index (κ3) is 9.20. The van der Waals surface area contributed by atoms with Crippen molar-refractivity contribution in [1.82, 2.24) is 9.97 Å². The van der Waals surface area contributed by atoms with E-state index in [0.29, 0.717) is 6.54 Å². The number of nitrogens with zero attached hydrogens (tertiary/aromatic N) is 4. The van der Waals surface area contributed by atoms with Gasteiger partial charge < -0.3 is 9.97 Å². The number of allylic oxidation sites excluding steroid dienone is 3. The molecule has 0 saturated heterocycles. The summed E-state index contributed by atoms with van der Waals surface area (Å²) in [5, 5.41) is 0. The Morgan fingerprint density at radius 1 is 1.08 bits per heavy atom. The van der Waals surface area contributed by atoms with Crippen LogP contribution < -0.4 is 9.97 Å². The van der Waals surface area contributed by atoms with E-state index >= 15 is 0 Å². The molecule has 0 radical (unpaired) electrons. The van der Waals surface area contributed by atoms with Gasteiger partial charge in [0.1, 0.15) is 0 Å². The summed E-state index contributed by atoms with van der Waals surface area (Å²) in [4.78, 5) is 17.4. The molecule has 0 amide bonds. The normalized spacial score (nSPS) is 11.0. The van der Waals surface area contributed by atoms with Crippen molar-refractivity contribution in [3.05, 3.63) is 71.0 Å². The molecule has 2 rings (SSSR count). The van der Waals surface area contributed by atoms with Gasteiger partial charge >= 0.3 is 21.1 Å². The number of rotatable bonds is 7. The van der Waals surface area contributed by atoms with Crippen LogP contribution in [0.15, 0.2) is 69.6 Å². The van der Waals surface area contributed by atoms with Gasteiger partial charge in [0.15, 0.2) is 0 Å². The van der Waals surface area contributed by atoms with E-state index in [2.05, 4.69) is 59.6 Å². The molecule has 0 aliphatic rings. The van der Waals surface area contributed by atoms with Crippen LogP contribution in [0.1, 0.15) is 32.2 Å². The van der Waals surface area contributed by atoms with Gasteiger partial charge in [0.25, 0.3) is 0 Å². The van der Waals surface area contributed by atoms with Gasteiger partial charge in [0, 0.05) is 12.4 Å². The zero-order valence-corrected chi connectivity index (χ0v) is 17.6. The van der Waals surface area contributed by atoms with E-state index in [0.717, 1.165) is 23.5 Å². The maximum Gasteiger partial charge on any atom is 2.00 e. The van der Waals surface area contributed by atoms with E-state index in [9.17, 15) is 0 Å². The minimum atomic E-state index is 0. The second-order valence-corrected chi connectivity index (χ2v) is 5.50. The number of aliphatic imine (C=N–C) groups is 2. The summed E-state index contributed by atoms with van der Waals surface area (Å²) in [5.74, 6) is 0. The maximum atomic E-state index is 4.57. The average Bonchev–Trinajstić information content (AvgIpc) is 3.30. The fraction of sp³-hybridized carbons (Fsp3) is 0.238. The molecule has 5 heteroatoms. The SMILES string of the molecule is C#C.CC(C)=C(C)/C=C(\CN=Cc1ccc[n-]1)N=CCc1ccc[n-]1.[Pt+2]. The van der Waals surface area contributed by atoms with Crippen LogP contribution in [-0.2, 0) is 27.5 Å². The van der Waals surface area contributed by atoms with Crippen molar-refractivity contribution < 1.29 is 21.1 Å². The Bertz CT molecular complexity index is 741. The van der Waals surface area contributed by atoms with Crippen molar-refractivity contribution >= 4 is 12.4 Å². The van der Waals surface area contributed by atoms with E-state index < -0.39 is 0 Å². The van der Waals surface area contributed by atoms with Crippen LogP contribution in [0.3, 0.4) is 0 Å². The minimum Gasteiger partial charge on any atom is -0.667 e. The van der Waals surface area contributed by atoms with Gasteiger partial charge in [-0.3, -0.25) is 9.98 Å². The zero-order chi connectivity index (χ0) is 18.5. The van der Waals surface area contributed by atoms with Gasteiger partial charge in [-0.15, -0.1) is 18.5 Å². The summed E-state index contributed by atoms with van der Waals surface area (Å²) in [5.41, 5.74) is 5.31. The number of terminal acetylenes is 1. The summed E-state index contributed by atoms with van der Waals surface area (Å²) in [7, 11) is 0. The molecule has 26 heavy (non-hydrogen) atoms. The molecule has 0 atom stereocenters. The van der Waals surface area contributed by atoms with Crippen molar-refractivity contribution in [2.45, 2.75) is 27.2 Å². The van der Waals surface area contributed by atoms with Crippen LogP contribution in [0.5, 0.6) is 0 Å². The fourth-order valence-electron chi connectivity index (χ4n) is 1.85. The number of aromatic nitrogens is 2. The van der Waals surface area contributed by atoms with Crippen LogP contribution in [0.25, 0.3) is 0 Å². The van der Waals surface area contributed by atoms with Gasteiger partial charge in [-0.2, -0.15) is 18.1 Å². The summed E-state index contributed by atoms with van der Waals surface area (Å²) < 4.78 is 0. The quantitative estimate of drug-likeness (QED) is 0.312. The third-order valence-electron chi connectivity index (χ3n) is 3.40. The number of hydrogen-bond donors (Lipinski definition) is 0. The second-order valence-electron chi connectivity index (χ2n) is 5.50. The van der Waals surface area contributed by atoms with E-state index in [4.69, 9.17) is 0 Å². The van der Waals surface area contributed by atoms with Crippen LogP contribution in [0.2, 0.25) is 0 Å². The average molecular weight is 528 g/mol. The van der Waals surface area contributed by atoms with Crippen LogP contribution in [0, 0.1) is 12.8 Å². The minimum absolute atomic E-state index is 0. The molecule has 0 aliphatic heterocycles. The van der Waals surface area contributed by atoms with Gasteiger partial charge in [-0.25, -0.2) is 0 Å². The van der Waals surface area contributed by atoms with Crippen molar-refractivity contribution in [3.8, 4) is 12.8 Å². The molecular weight excluding hydrogens is 503 g/mol. The predicted octanol–water partition coefficient (Wildman–Crippen LogP) is 3.82. The predicted molar refractivity (Wildman–Crippen MR) is 106 cm³/mol. The first-order valence-electron chi connectivity index (χ1n) is 8.00. The van der Waals surface area contributed by atoms with Crippen molar-refractivity contribution in [3.63, 3.8) is 0 Å². The molecule has 0 bridgehead atoms. The molecule has 2 aromatic rings.